The zero-order valence-corrected chi connectivity index (χ0v) is 14.7. The number of ether oxygens (including phenoxy) is 2. The van der Waals surface area contributed by atoms with E-state index >= 15 is 0 Å². The first kappa shape index (κ1) is 18.1. The number of carboxylic acids is 1. The lowest BCUT2D eigenvalue weighted by Crippen LogP contribution is -2.29. The van der Waals surface area contributed by atoms with Crippen molar-refractivity contribution in [2.75, 3.05) is 7.11 Å². The minimum Gasteiger partial charge on any atom is -0.495 e. The Morgan fingerprint density at radius 3 is 2.46 bits per heavy atom. The molecule has 0 heterocycles. The van der Waals surface area contributed by atoms with Crippen LogP contribution in [0.25, 0.3) is 0 Å². The second kappa shape index (κ2) is 8.06. The summed E-state index contributed by atoms with van der Waals surface area (Å²) in [7, 11) is 1.53. The van der Waals surface area contributed by atoms with Crippen molar-refractivity contribution in [1.82, 2.24) is 0 Å². The Hall–Kier alpha value is -2.20. The first-order chi connectivity index (χ1) is 11.4. The van der Waals surface area contributed by atoms with E-state index in [-0.39, 0.29) is 12.3 Å². The third-order valence-corrected chi connectivity index (χ3v) is 4.02. The molecule has 2 rings (SSSR count). The minimum atomic E-state index is -1.01. The van der Waals surface area contributed by atoms with Crippen LogP contribution in [0.4, 0.5) is 0 Å². The number of halogens is 1. The maximum absolute atomic E-state index is 11.6. The van der Waals surface area contributed by atoms with E-state index in [1.54, 1.807) is 24.3 Å². The van der Waals surface area contributed by atoms with Crippen molar-refractivity contribution in [1.29, 1.82) is 0 Å². The van der Waals surface area contributed by atoms with Gasteiger partial charge in [-0.3, -0.25) is 0 Å². The second-order valence-electron chi connectivity index (χ2n) is 5.81. The van der Waals surface area contributed by atoms with E-state index < -0.39 is 12.1 Å². The van der Waals surface area contributed by atoms with E-state index in [9.17, 15) is 9.90 Å². The fourth-order valence-corrected chi connectivity index (χ4v) is 2.73. The topological polar surface area (TPSA) is 55.8 Å². The first-order valence-electron chi connectivity index (χ1n) is 7.73. The highest BCUT2D eigenvalue weighted by atomic mass is 35.5. The highest BCUT2D eigenvalue weighted by Crippen LogP contribution is 2.29. The van der Waals surface area contributed by atoms with Crippen LogP contribution in [0.3, 0.4) is 0 Å². The van der Waals surface area contributed by atoms with Crippen molar-refractivity contribution in [3.63, 3.8) is 0 Å². The Labute approximate surface area is 147 Å². The van der Waals surface area contributed by atoms with Gasteiger partial charge in [0, 0.05) is 6.42 Å². The Bertz CT molecular complexity index is 712. The van der Waals surface area contributed by atoms with Crippen molar-refractivity contribution in [2.24, 2.45) is 0 Å². The van der Waals surface area contributed by atoms with Gasteiger partial charge in [0.15, 0.2) is 6.10 Å². The van der Waals surface area contributed by atoms with Gasteiger partial charge in [-0.1, -0.05) is 49.7 Å². The van der Waals surface area contributed by atoms with E-state index in [2.05, 4.69) is 0 Å². The smallest absolute Gasteiger partial charge is 0.345 e. The molecular weight excluding hydrogens is 328 g/mol. The van der Waals surface area contributed by atoms with Crippen LogP contribution in [0.1, 0.15) is 30.9 Å². The molecule has 0 aliphatic heterocycles. The Morgan fingerprint density at radius 1 is 1.17 bits per heavy atom. The molecule has 0 saturated carbocycles. The highest BCUT2D eigenvalue weighted by molar-refractivity contribution is 6.32. The number of para-hydroxylation sites is 1. The largest absolute Gasteiger partial charge is 0.495 e. The number of benzene rings is 2. The predicted molar refractivity (Wildman–Crippen MR) is 94.3 cm³/mol. The van der Waals surface area contributed by atoms with Gasteiger partial charge in [-0.25, -0.2) is 4.79 Å². The molecule has 0 unspecified atom stereocenters. The molecule has 0 bridgehead atoms. The Kier molecular flexibility index (Phi) is 6.10. The summed E-state index contributed by atoms with van der Waals surface area (Å²) in [6, 6.07) is 12.7. The summed E-state index contributed by atoms with van der Waals surface area (Å²) >= 11 is 6.11. The number of carboxylic acid groups (broad SMARTS) is 1. The average molecular weight is 349 g/mol. The zero-order chi connectivity index (χ0) is 17.7. The maximum atomic E-state index is 11.6. The zero-order valence-electron chi connectivity index (χ0n) is 14.0. The number of rotatable bonds is 7. The summed E-state index contributed by atoms with van der Waals surface area (Å²) in [6.07, 6.45) is -0.778. The molecule has 1 atom stereocenters. The minimum absolute atomic E-state index is 0.214. The molecule has 0 fully saturated rings. The second-order valence-corrected chi connectivity index (χ2v) is 6.22. The quantitative estimate of drug-likeness (QED) is 0.797. The van der Waals surface area contributed by atoms with E-state index in [1.807, 2.05) is 32.0 Å². The van der Waals surface area contributed by atoms with Gasteiger partial charge in [-0.2, -0.15) is 0 Å². The molecule has 0 aromatic heterocycles. The molecule has 0 aliphatic carbocycles. The lowest BCUT2D eigenvalue weighted by atomic mass is 10.0. The number of aliphatic carboxylic acids is 1. The number of hydrogen-bond donors (Lipinski definition) is 1. The molecule has 1 N–H and O–H groups in total. The summed E-state index contributed by atoms with van der Waals surface area (Å²) in [5, 5.41) is 9.96. The van der Waals surface area contributed by atoms with E-state index in [0.29, 0.717) is 16.5 Å². The predicted octanol–water partition coefficient (Wildman–Crippen LogP) is 4.55. The third kappa shape index (κ3) is 4.42. The molecule has 24 heavy (non-hydrogen) atoms. The third-order valence-electron chi connectivity index (χ3n) is 3.72. The average Bonchev–Trinajstić information content (AvgIpc) is 2.54. The summed E-state index contributed by atoms with van der Waals surface area (Å²) < 4.78 is 10.9. The lowest BCUT2D eigenvalue weighted by molar-refractivity contribution is -0.145. The fourth-order valence-electron chi connectivity index (χ4n) is 2.45. The van der Waals surface area contributed by atoms with E-state index in [4.69, 9.17) is 21.1 Å². The molecule has 0 aliphatic rings. The van der Waals surface area contributed by atoms with Crippen LogP contribution in [-0.2, 0) is 11.2 Å². The van der Waals surface area contributed by atoms with E-state index in [1.165, 1.54) is 7.11 Å². The fraction of sp³-hybridized carbons (Fsp3) is 0.316. The van der Waals surface area contributed by atoms with Crippen LogP contribution in [0.15, 0.2) is 42.5 Å². The number of hydrogen-bond acceptors (Lipinski definition) is 3. The van der Waals surface area contributed by atoms with Crippen LogP contribution in [0.2, 0.25) is 5.02 Å². The molecule has 0 saturated heterocycles. The SMILES string of the molecule is COc1ccc(C[C@H](Oc2ccccc2C(C)C)C(=O)O)cc1Cl. The molecular formula is C19H21ClO4. The molecule has 0 radical (unpaired) electrons. The van der Waals surface area contributed by atoms with Gasteiger partial charge in [-0.15, -0.1) is 0 Å². The summed E-state index contributed by atoms with van der Waals surface area (Å²) in [4.78, 5) is 11.6. The molecule has 0 amide bonds. The van der Waals surface area contributed by atoms with Crippen LogP contribution in [0.5, 0.6) is 11.5 Å². The molecule has 0 spiro atoms. The van der Waals surface area contributed by atoms with E-state index in [0.717, 1.165) is 11.1 Å². The van der Waals surface area contributed by atoms with Crippen molar-refractivity contribution < 1.29 is 19.4 Å². The summed E-state index contributed by atoms with van der Waals surface area (Å²) in [5.41, 5.74) is 1.76. The van der Waals surface area contributed by atoms with Crippen LogP contribution in [-0.4, -0.2) is 24.3 Å². The Balaban J connectivity index is 2.22. The first-order valence-corrected chi connectivity index (χ1v) is 8.11. The monoisotopic (exact) mass is 348 g/mol. The van der Waals surface area contributed by atoms with Gasteiger partial charge in [-0.05, 0) is 35.2 Å². The van der Waals surface area contributed by atoms with Gasteiger partial charge in [0.2, 0.25) is 0 Å². The van der Waals surface area contributed by atoms with Crippen LogP contribution < -0.4 is 9.47 Å². The van der Waals surface area contributed by atoms with Gasteiger partial charge < -0.3 is 14.6 Å². The molecule has 128 valence electrons. The Morgan fingerprint density at radius 2 is 1.88 bits per heavy atom. The number of carbonyl (C=O) groups is 1. The van der Waals surface area contributed by atoms with Crippen molar-refractivity contribution in [3.05, 3.63) is 58.6 Å². The number of methoxy groups -OCH3 is 1. The highest BCUT2D eigenvalue weighted by Gasteiger charge is 2.22. The van der Waals surface area contributed by atoms with Crippen molar-refractivity contribution in [3.8, 4) is 11.5 Å². The molecule has 5 heteroatoms. The van der Waals surface area contributed by atoms with Crippen LogP contribution in [0, 0.1) is 0 Å². The van der Waals surface area contributed by atoms with Gasteiger partial charge >= 0.3 is 5.97 Å². The van der Waals surface area contributed by atoms with Crippen LogP contribution >= 0.6 is 11.6 Å². The van der Waals surface area contributed by atoms with Crippen molar-refractivity contribution in [2.45, 2.75) is 32.3 Å². The van der Waals surface area contributed by atoms with Gasteiger partial charge in [0.1, 0.15) is 11.5 Å². The lowest BCUT2D eigenvalue weighted by Gasteiger charge is -2.19. The van der Waals surface area contributed by atoms with Crippen molar-refractivity contribution >= 4 is 17.6 Å². The molecule has 4 nitrogen and oxygen atoms in total. The normalized spacial score (nSPS) is 12.0. The summed E-state index contributed by atoms with van der Waals surface area (Å²) in [5.74, 6) is 0.379. The van der Waals surface area contributed by atoms with Gasteiger partial charge in [0.25, 0.3) is 0 Å². The molecule has 2 aromatic carbocycles. The molecule has 2 aromatic rings. The standard InChI is InChI=1S/C19H21ClO4/c1-12(2)14-6-4-5-7-16(14)24-18(19(21)22)11-13-8-9-17(23-3)15(20)10-13/h4-10,12,18H,11H2,1-3H3,(H,21,22)/t18-/m0/s1. The van der Waals surface area contributed by atoms with Gasteiger partial charge in [0.05, 0.1) is 12.1 Å². The maximum Gasteiger partial charge on any atom is 0.345 e. The summed E-state index contributed by atoms with van der Waals surface area (Å²) in [6.45, 7) is 4.09.